The molecule has 0 saturated carbocycles. The Morgan fingerprint density at radius 1 is 0.625 bits per heavy atom. The van der Waals surface area contributed by atoms with Crippen molar-refractivity contribution in [3.8, 4) is 17.2 Å². The zero-order chi connectivity index (χ0) is 36.7. The quantitative estimate of drug-likeness (QED) is 0.0863. The fourth-order valence-corrected chi connectivity index (χ4v) is 3.95. The van der Waals surface area contributed by atoms with Gasteiger partial charge in [0.2, 0.25) is 0 Å². The minimum Gasteiger partial charge on any atom is -0.496 e. The molecule has 0 aromatic heterocycles. The van der Waals surface area contributed by atoms with Crippen LogP contribution in [0.1, 0.15) is 31.1 Å². The molecule has 0 aliphatic heterocycles. The highest BCUT2D eigenvalue weighted by Gasteiger charge is 2.23. The van der Waals surface area contributed by atoms with Crippen LogP contribution in [0.25, 0.3) is 0 Å². The van der Waals surface area contributed by atoms with Gasteiger partial charge in [0.15, 0.2) is 0 Å². The third-order valence-corrected chi connectivity index (χ3v) is 6.41. The summed E-state index contributed by atoms with van der Waals surface area (Å²) in [5.41, 5.74) is 6.87. The number of nitro groups is 2. The van der Waals surface area contributed by atoms with E-state index in [0.717, 1.165) is 12.1 Å². The standard InChI is InChI=1S/C10H12N2O5.C10H14N2O3.C9H8ClNO5/c1-11-7-5-9(16-2)6(10(13)17-3)4-8(7)12(14)15;1-12-8-5-9(14-2)6(4-7(8)11)10(13)15-3;1-15-8-4-6(10)7(11(13)14)3-5(8)9(12)16-2/h4-5,11H,1-3H3;4-5,12H,11H2,1-3H3;3-4H,1-2H3. The first-order valence-electron chi connectivity index (χ1n) is 13.2. The van der Waals surface area contributed by atoms with Gasteiger partial charge in [-0.15, -0.1) is 0 Å². The minimum atomic E-state index is -0.725. The zero-order valence-electron chi connectivity index (χ0n) is 27.1. The molecule has 3 aromatic carbocycles. The molecule has 19 heteroatoms. The molecule has 0 aliphatic rings. The fourth-order valence-electron chi connectivity index (χ4n) is 3.73. The van der Waals surface area contributed by atoms with E-state index in [2.05, 4.69) is 24.8 Å². The van der Waals surface area contributed by atoms with Crippen LogP contribution in [0.15, 0.2) is 36.4 Å². The molecule has 4 N–H and O–H groups in total. The van der Waals surface area contributed by atoms with Gasteiger partial charge in [-0.25, -0.2) is 14.4 Å². The highest BCUT2D eigenvalue weighted by atomic mass is 35.5. The Bertz CT molecular complexity index is 1670. The number of nitrogen functional groups attached to an aromatic ring is 1. The number of carbonyl (C=O) groups excluding carboxylic acids is 3. The molecule has 0 bridgehead atoms. The number of nitrogens with zero attached hydrogens (tertiary/aromatic N) is 2. The van der Waals surface area contributed by atoms with E-state index in [1.807, 2.05) is 0 Å². The third kappa shape index (κ3) is 9.98. The summed E-state index contributed by atoms with van der Waals surface area (Å²) in [7, 11) is 11.1. The third-order valence-electron chi connectivity index (χ3n) is 6.11. The predicted molar refractivity (Wildman–Crippen MR) is 175 cm³/mol. The van der Waals surface area contributed by atoms with Crippen LogP contribution in [-0.2, 0) is 14.2 Å². The van der Waals surface area contributed by atoms with Gasteiger partial charge in [-0.1, -0.05) is 11.6 Å². The van der Waals surface area contributed by atoms with E-state index in [0.29, 0.717) is 22.7 Å². The van der Waals surface area contributed by atoms with Gasteiger partial charge >= 0.3 is 17.9 Å². The highest BCUT2D eigenvalue weighted by Crippen LogP contribution is 2.34. The number of hydrogen-bond acceptors (Lipinski definition) is 16. The van der Waals surface area contributed by atoms with Crippen LogP contribution in [0, 0.1) is 20.2 Å². The lowest BCUT2D eigenvalue weighted by molar-refractivity contribution is -0.384. The minimum absolute atomic E-state index is 0.0145. The molecule has 0 heterocycles. The molecule has 0 saturated heterocycles. The summed E-state index contributed by atoms with van der Waals surface area (Å²) in [6.07, 6.45) is 0. The fraction of sp³-hybridized carbons (Fsp3) is 0.276. The van der Waals surface area contributed by atoms with Crippen molar-refractivity contribution in [2.45, 2.75) is 0 Å². The van der Waals surface area contributed by atoms with Gasteiger partial charge in [0.1, 0.15) is 44.6 Å². The van der Waals surface area contributed by atoms with Crippen molar-refractivity contribution in [1.82, 2.24) is 0 Å². The number of anilines is 3. The van der Waals surface area contributed by atoms with Crippen molar-refractivity contribution in [3.05, 3.63) is 78.3 Å². The molecular weight excluding hydrogens is 662 g/mol. The van der Waals surface area contributed by atoms with E-state index >= 15 is 0 Å². The average molecular weight is 696 g/mol. The molecule has 0 unspecified atom stereocenters. The van der Waals surface area contributed by atoms with E-state index in [1.54, 1.807) is 20.2 Å². The largest absolute Gasteiger partial charge is 0.496 e. The molecule has 0 atom stereocenters. The molecule has 0 spiro atoms. The summed E-state index contributed by atoms with van der Waals surface area (Å²) >= 11 is 5.65. The summed E-state index contributed by atoms with van der Waals surface area (Å²) < 4.78 is 28.5. The van der Waals surface area contributed by atoms with Crippen LogP contribution in [0.5, 0.6) is 17.2 Å². The lowest BCUT2D eigenvalue weighted by Gasteiger charge is -2.11. The van der Waals surface area contributed by atoms with E-state index in [9.17, 15) is 34.6 Å². The smallest absolute Gasteiger partial charge is 0.341 e. The van der Waals surface area contributed by atoms with Gasteiger partial charge in [0, 0.05) is 44.4 Å². The molecular formula is C29H34ClN5O13. The first-order valence-corrected chi connectivity index (χ1v) is 13.5. The van der Waals surface area contributed by atoms with Crippen molar-refractivity contribution in [2.24, 2.45) is 0 Å². The Kier molecular flexibility index (Phi) is 15.7. The van der Waals surface area contributed by atoms with Crippen LogP contribution in [0.4, 0.5) is 28.4 Å². The van der Waals surface area contributed by atoms with E-state index in [-0.39, 0.29) is 44.7 Å². The van der Waals surface area contributed by atoms with E-state index in [1.165, 1.54) is 60.9 Å². The molecule has 0 fully saturated rings. The van der Waals surface area contributed by atoms with Gasteiger partial charge in [-0.2, -0.15) is 0 Å². The number of hydrogen-bond donors (Lipinski definition) is 3. The van der Waals surface area contributed by atoms with Gasteiger partial charge in [0.25, 0.3) is 11.4 Å². The first kappa shape index (κ1) is 40.0. The van der Waals surface area contributed by atoms with E-state index < -0.39 is 27.8 Å². The number of ether oxygens (including phenoxy) is 6. The lowest BCUT2D eigenvalue weighted by Crippen LogP contribution is -2.07. The summed E-state index contributed by atoms with van der Waals surface area (Å²) in [4.78, 5) is 54.3. The van der Waals surface area contributed by atoms with Crippen molar-refractivity contribution in [3.63, 3.8) is 0 Å². The van der Waals surface area contributed by atoms with Crippen LogP contribution in [0.3, 0.4) is 0 Å². The number of carbonyl (C=O) groups is 3. The van der Waals surface area contributed by atoms with Gasteiger partial charge < -0.3 is 44.8 Å². The normalized spacial score (nSPS) is 9.60. The maximum atomic E-state index is 11.4. The topological polar surface area (TPSA) is 243 Å². The Labute approximate surface area is 279 Å². The average Bonchev–Trinajstić information content (AvgIpc) is 3.09. The van der Waals surface area contributed by atoms with Gasteiger partial charge in [0.05, 0.1) is 63.9 Å². The number of benzene rings is 3. The van der Waals surface area contributed by atoms with Crippen LogP contribution < -0.4 is 30.6 Å². The molecule has 260 valence electrons. The predicted octanol–water partition coefficient (Wildman–Crippen LogP) is 4.58. The molecule has 48 heavy (non-hydrogen) atoms. The molecule has 0 radical (unpaired) electrons. The summed E-state index contributed by atoms with van der Waals surface area (Å²) in [6.45, 7) is 0. The summed E-state index contributed by atoms with van der Waals surface area (Å²) in [5.74, 6) is -1.11. The Hall–Kier alpha value is -6.04. The van der Waals surface area contributed by atoms with Gasteiger partial charge in [-0.05, 0) is 6.07 Å². The number of nitrogens with two attached hydrogens (primary N) is 1. The van der Waals surface area contributed by atoms with Crippen molar-refractivity contribution in [2.75, 3.05) is 73.1 Å². The molecule has 3 aromatic rings. The Balaban J connectivity index is 0.000000361. The second-order valence-electron chi connectivity index (χ2n) is 8.70. The van der Waals surface area contributed by atoms with Crippen LogP contribution in [0.2, 0.25) is 5.02 Å². The maximum Gasteiger partial charge on any atom is 0.341 e. The lowest BCUT2D eigenvalue weighted by atomic mass is 10.1. The van der Waals surface area contributed by atoms with Crippen molar-refractivity contribution in [1.29, 1.82) is 0 Å². The SMILES string of the molecule is CNc1cc(OC)c(C(=O)OC)cc1N.CNc1cc(OC)c(C(=O)OC)cc1[N+](=O)[O-].COC(=O)c1cc([N+](=O)[O-])c(Cl)cc1OC. The molecule has 0 amide bonds. The molecule has 3 rings (SSSR count). The molecule has 0 aliphatic carbocycles. The number of esters is 3. The van der Waals surface area contributed by atoms with Crippen molar-refractivity contribution >= 4 is 57.9 Å². The van der Waals surface area contributed by atoms with Crippen LogP contribution in [-0.4, -0.2) is 84.5 Å². The van der Waals surface area contributed by atoms with Crippen LogP contribution >= 0.6 is 11.6 Å². The first-order chi connectivity index (χ1) is 22.7. The Morgan fingerprint density at radius 3 is 1.33 bits per heavy atom. The van der Waals surface area contributed by atoms with Crippen molar-refractivity contribution < 1.29 is 52.7 Å². The number of nitrogens with one attached hydrogen (secondary N) is 2. The second kappa shape index (κ2) is 18.8. The number of rotatable bonds is 10. The van der Waals surface area contributed by atoms with E-state index in [4.69, 9.17) is 31.5 Å². The number of halogens is 1. The number of nitro benzene ring substituents is 2. The van der Waals surface area contributed by atoms with Gasteiger partial charge in [-0.3, -0.25) is 20.2 Å². The summed E-state index contributed by atoms with van der Waals surface area (Å²) in [6, 6.07) is 7.90. The number of methoxy groups -OCH3 is 6. The monoisotopic (exact) mass is 695 g/mol. The second-order valence-corrected chi connectivity index (χ2v) is 9.11. The molecule has 18 nitrogen and oxygen atoms in total. The highest BCUT2D eigenvalue weighted by molar-refractivity contribution is 6.33. The zero-order valence-corrected chi connectivity index (χ0v) is 27.9. The summed E-state index contributed by atoms with van der Waals surface area (Å²) in [5, 5.41) is 26.9. The Morgan fingerprint density at radius 2 is 0.979 bits per heavy atom. The maximum absolute atomic E-state index is 11.4.